The summed E-state index contributed by atoms with van der Waals surface area (Å²) < 4.78 is 0. The van der Waals surface area contributed by atoms with E-state index < -0.39 is 0 Å². The summed E-state index contributed by atoms with van der Waals surface area (Å²) in [6.07, 6.45) is 3.48. The largest absolute Gasteiger partial charge is 0.508 e. The van der Waals surface area contributed by atoms with Gasteiger partial charge in [0.15, 0.2) is 0 Å². The number of benzene rings is 1. The molecule has 0 aliphatic carbocycles. The summed E-state index contributed by atoms with van der Waals surface area (Å²) in [5.74, 6) is 1.20. The number of rotatable bonds is 2. The van der Waals surface area contributed by atoms with Gasteiger partial charge in [-0.1, -0.05) is 12.1 Å². The average Bonchev–Trinajstić information content (AvgIpc) is 2.24. The third kappa shape index (κ3) is 2.72. The molecule has 1 aromatic carbocycles. The first-order chi connectivity index (χ1) is 7.25. The summed E-state index contributed by atoms with van der Waals surface area (Å²) in [7, 11) is 0. The van der Waals surface area contributed by atoms with E-state index in [9.17, 15) is 5.11 Å². The molecule has 15 heavy (non-hydrogen) atoms. The number of hydrogen-bond donors (Lipinski definition) is 2. The summed E-state index contributed by atoms with van der Waals surface area (Å²) in [6, 6.07) is 6.00. The second-order valence-electron chi connectivity index (χ2n) is 4.53. The summed E-state index contributed by atoms with van der Waals surface area (Å²) in [4.78, 5) is 0. The predicted molar refractivity (Wildman–Crippen MR) is 62.1 cm³/mol. The molecule has 1 aliphatic heterocycles. The lowest BCUT2D eigenvalue weighted by molar-refractivity contribution is 0.366. The van der Waals surface area contributed by atoms with E-state index in [1.54, 1.807) is 0 Å². The molecule has 82 valence electrons. The van der Waals surface area contributed by atoms with Gasteiger partial charge in [-0.25, -0.2) is 0 Å². The normalized spacial score (nSPS) is 17.9. The Hall–Kier alpha value is -1.02. The number of hydrogen-bond acceptors (Lipinski definition) is 2. The quantitative estimate of drug-likeness (QED) is 0.776. The first-order valence-electron chi connectivity index (χ1n) is 5.75. The second kappa shape index (κ2) is 4.67. The zero-order chi connectivity index (χ0) is 10.7. The molecule has 2 heteroatoms. The maximum atomic E-state index is 9.81. The molecule has 0 radical (unpaired) electrons. The van der Waals surface area contributed by atoms with Crippen LogP contribution in [0.2, 0.25) is 0 Å². The van der Waals surface area contributed by atoms with Crippen LogP contribution in [0.15, 0.2) is 18.2 Å². The number of nitrogens with one attached hydrogen (secondary N) is 1. The highest BCUT2D eigenvalue weighted by Gasteiger charge is 2.14. The summed E-state index contributed by atoms with van der Waals surface area (Å²) in [5.41, 5.74) is 2.23. The molecule has 1 heterocycles. The highest BCUT2D eigenvalue weighted by Crippen LogP contribution is 2.25. The van der Waals surface area contributed by atoms with Crippen LogP contribution in [0.3, 0.4) is 0 Å². The van der Waals surface area contributed by atoms with Crippen molar-refractivity contribution in [3.05, 3.63) is 29.3 Å². The number of piperidine rings is 1. The van der Waals surface area contributed by atoms with Crippen LogP contribution in [0.4, 0.5) is 0 Å². The van der Waals surface area contributed by atoms with Crippen molar-refractivity contribution < 1.29 is 5.11 Å². The fourth-order valence-electron chi connectivity index (χ4n) is 2.24. The Morgan fingerprint density at radius 2 is 2.07 bits per heavy atom. The fraction of sp³-hybridized carbons (Fsp3) is 0.538. The van der Waals surface area contributed by atoms with Gasteiger partial charge in [-0.3, -0.25) is 0 Å². The van der Waals surface area contributed by atoms with E-state index in [1.165, 1.54) is 12.8 Å². The Morgan fingerprint density at radius 3 is 2.73 bits per heavy atom. The summed E-state index contributed by atoms with van der Waals surface area (Å²) in [5, 5.41) is 13.2. The molecule has 1 saturated heterocycles. The van der Waals surface area contributed by atoms with Gasteiger partial charge in [0.1, 0.15) is 5.75 Å². The van der Waals surface area contributed by atoms with Crippen LogP contribution in [0.5, 0.6) is 5.75 Å². The van der Waals surface area contributed by atoms with Gasteiger partial charge in [-0.15, -0.1) is 0 Å². The zero-order valence-corrected chi connectivity index (χ0v) is 9.29. The lowest BCUT2D eigenvalue weighted by atomic mass is 9.90. The van der Waals surface area contributed by atoms with Crippen molar-refractivity contribution in [2.24, 2.45) is 5.92 Å². The van der Waals surface area contributed by atoms with Crippen molar-refractivity contribution in [1.82, 2.24) is 5.32 Å². The first kappa shape index (κ1) is 10.5. The molecule has 0 bridgehead atoms. The third-order valence-electron chi connectivity index (χ3n) is 3.21. The Balaban J connectivity index is 2.03. The Kier molecular flexibility index (Phi) is 3.27. The predicted octanol–water partition coefficient (Wildman–Crippen LogP) is 2.24. The minimum atomic E-state index is 0.466. The van der Waals surface area contributed by atoms with Gasteiger partial charge in [0.2, 0.25) is 0 Å². The Labute approximate surface area is 91.3 Å². The van der Waals surface area contributed by atoms with Crippen molar-refractivity contribution in [1.29, 1.82) is 0 Å². The smallest absolute Gasteiger partial charge is 0.119 e. The molecular formula is C13H19NO. The standard InChI is InChI=1S/C13H19NO/c1-10-2-3-12(13(15)8-10)9-11-4-6-14-7-5-11/h2-3,8,11,14-15H,4-7,9H2,1H3. The minimum absolute atomic E-state index is 0.466. The Morgan fingerprint density at radius 1 is 1.33 bits per heavy atom. The summed E-state index contributed by atoms with van der Waals surface area (Å²) >= 11 is 0. The summed E-state index contributed by atoms with van der Waals surface area (Å²) in [6.45, 7) is 4.25. The van der Waals surface area contributed by atoms with Crippen LogP contribution in [0, 0.1) is 12.8 Å². The van der Waals surface area contributed by atoms with Crippen LogP contribution in [0.1, 0.15) is 24.0 Å². The maximum Gasteiger partial charge on any atom is 0.119 e. The number of phenols is 1. The minimum Gasteiger partial charge on any atom is -0.508 e. The van der Waals surface area contributed by atoms with Crippen LogP contribution >= 0.6 is 0 Å². The molecule has 0 aromatic heterocycles. The molecule has 1 aromatic rings. The van der Waals surface area contributed by atoms with Crippen molar-refractivity contribution in [2.75, 3.05) is 13.1 Å². The van der Waals surface area contributed by atoms with Crippen LogP contribution in [0.25, 0.3) is 0 Å². The highest BCUT2D eigenvalue weighted by atomic mass is 16.3. The van der Waals surface area contributed by atoms with Crippen molar-refractivity contribution in [3.63, 3.8) is 0 Å². The van der Waals surface area contributed by atoms with Gasteiger partial charge >= 0.3 is 0 Å². The van der Waals surface area contributed by atoms with Gasteiger partial charge < -0.3 is 10.4 Å². The number of phenolic OH excluding ortho intramolecular Hbond substituents is 1. The third-order valence-corrected chi connectivity index (χ3v) is 3.21. The molecule has 1 aliphatic rings. The van der Waals surface area contributed by atoms with E-state index in [2.05, 4.69) is 17.4 Å². The van der Waals surface area contributed by atoms with E-state index in [0.717, 1.165) is 36.6 Å². The van der Waals surface area contributed by atoms with E-state index in [1.807, 2.05) is 13.0 Å². The first-order valence-corrected chi connectivity index (χ1v) is 5.75. The second-order valence-corrected chi connectivity index (χ2v) is 4.53. The van der Waals surface area contributed by atoms with Crippen LogP contribution in [-0.2, 0) is 6.42 Å². The molecule has 2 rings (SSSR count). The van der Waals surface area contributed by atoms with Gasteiger partial charge in [-0.05, 0) is 62.4 Å². The average molecular weight is 205 g/mol. The number of aromatic hydroxyl groups is 1. The highest BCUT2D eigenvalue weighted by molar-refractivity contribution is 5.36. The topological polar surface area (TPSA) is 32.3 Å². The van der Waals surface area contributed by atoms with Gasteiger partial charge in [0, 0.05) is 0 Å². The number of aryl methyl sites for hydroxylation is 1. The maximum absolute atomic E-state index is 9.81. The Bertz CT molecular complexity index is 329. The fourth-order valence-corrected chi connectivity index (χ4v) is 2.24. The lowest BCUT2D eigenvalue weighted by Crippen LogP contribution is -2.28. The van der Waals surface area contributed by atoms with Crippen molar-refractivity contribution >= 4 is 0 Å². The lowest BCUT2D eigenvalue weighted by Gasteiger charge is -2.22. The molecule has 1 fully saturated rings. The van der Waals surface area contributed by atoms with Crippen molar-refractivity contribution in [3.8, 4) is 5.75 Å². The van der Waals surface area contributed by atoms with Gasteiger partial charge in [0.05, 0.1) is 0 Å². The zero-order valence-electron chi connectivity index (χ0n) is 9.29. The van der Waals surface area contributed by atoms with Crippen molar-refractivity contribution in [2.45, 2.75) is 26.2 Å². The van der Waals surface area contributed by atoms with Crippen LogP contribution in [-0.4, -0.2) is 18.2 Å². The monoisotopic (exact) mass is 205 g/mol. The molecular weight excluding hydrogens is 186 g/mol. The van der Waals surface area contributed by atoms with Crippen LogP contribution < -0.4 is 5.32 Å². The molecule has 0 amide bonds. The molecule has 2 nitrogen and oxygen atoms in total. The van der Waals surface area contributed by atoms with Gasteiger partial charge in [-0.2, -0.15) is 0 Å². The van der Waals surface area contributed by atoms with E-state index in [0.29, 0.717) is 5.75 Å². The van der Waals surface area contributed by atoms with Gasteiger partial charge in [0.25, 0.3) is 0 Å². The SMILES string of the molecule is Cc1ccc(CC2CCNCC2)c(O)c1. The molecule has 0 saturated carbocycles. The van der Waals surface area contributed by atoms with E-state index >= 15 is 0 Å². The molecule has 2 N–H and O–H groups in total. The molecule has 0 spiro atoms. The molecule has 0 atom stereocenters. The van der Waals surface area contributed by atoms with E-state index in [4.69, 9.17) is 0 Å². The van der Waals surface area contributed by atoms with E-state index in [-0.39, 0.29) is 0 Å². The molecule has 0 unspecified atom stereocenters.